The lowest BCUT2D eigenvalue weighted by molar-refractivity contribution is -0.128. The van der Waals surface area contributed by atoms with Crippen LogP contribution in [0, 0.1) is 0 Å². The number of hydrogen-bond donors (Lipinski definition) is 1. The van der Waals surface area contributed by atoms with Gasteiger partial charge in [-0.3, -0.25) is 4.79 Å². The molecule has 0 bridgehead atoms. The van der Waals surface area contributed by atoms with E-state index in [1.165, 1.54) is 0 Å². The second-order valence-electron chi connectivity index (χ2n) is 9.43. The Labute approximate surface area is 228 Å². The molecule has 192 valence electrons. The van der Waals surface area contributed by atoms with Crippen LogP contribution < -0.4 is 14.8 Å². The van der Waals surface area contributed by atoms with E-state index < -0.39 is 0 Å². The van der Waals surface area contributed by atoms with Gasteiger partial charge in [-0.05, 0) is 78.4 Å². The van der Waals surface area contributed by atoms with Gasteiger partial charge in [0.05, 0.1) is 17.2 Å². The molecule has 0 unspecified atom stereocenters. The van der Waals surface area contributed by atoms with Crippen molar-refractivity contribution < 1.29 is 14.3 Å². The van der Waals surface area contributed by atoms with Crippen molar-refractivity contribution in [1.82, 2.24) is 10.2 Å². The minimum absolute atomic E-state index is 0.0587. The molecular weight excluding hydrogens is 507 g/mol. The standard InChI is InChI=1S/C30H30Cl2N2O3/c1-36-24-8-2-5-20(15-24)19-37-25-9-3-6-21(16-25)26-13-14-33-17-27(26)30(35)34(23-11-12-23)18-22-7-4-10-28(31)29(22)32/h2-10,15-16,23,33H,11-14,17-19H2,1H3. The van der Waals surface area contributed by atoms with Gasteiger partial charge in [0.1, 0.15) is 18.1 Å². The highest BCUT2D eigenvalue weighted by atomic mass is 35.5. The number of hydrogen-bond acceptors (Lipinski definition) is 4. The predicted octanol–water partition coefficient (Wildman–Crippen LogP) is 6.52. The molecular formula is C30H30Cl2N2O3. The zero-order chi connectivity index (χ0) is 25.8. The number of rotatable bonds is 9. The van der Waals surface area contributed by atoms with Gasteiger partial charge < -0.3 is 19.7 Å². The fourth-order valence-electron chi connectivity index (χ4n) is 4.69. The Morgan fingerprint density at radius 3 is 2.62 bits per heavy atom. The van der Waals surface area contributed by atoms with Gasteiger partial charge in [-0.2, -0.15) is 0 Å². The summed E-state index contributed by atoms with van der Waals surface area (Å²) in [5.74, 6) is 1.63. The average Bonchev–Trinajstić information content (AvgIpc) is 3.78. The van der Waals surface area contributed by atoms with Crippen LogP contribution >= 0.6 is 23.2 Å². The quantitative estimate of drug-likeness (QED) is 0.338. The van der Waals surface area contributed by atoms with E-state index in [-0.39, 0.29) is 11.9 Å². The van der Waals surface area contributed by atoms with Crippen molar-refractivity contribution in [3.8, 4) is 11.5 Å². The molecule has 1 heterocycles. The molecule has 3 aromatic carbocycles. The topological polar surface area (TPSA) is 50.8 Å². The molecule has 1 fully saturated rings. The van der Waals surface area contributed by atoms with E-state index in [1.807, 2.05) is 59.5 Å². The normalized spacial score (nSPS) is 15.4. The zero-order valence-electron chi connectivity index (χ0n) is 20.8. The van der Waals surface area contributed by atoms with Crippen LogP contribution in [0.5, 0.6) is 11.5 Å². The Morgan fingerprint density at radius 2 is 1.81 bits per heavy atom. The summed E-state index contributed by atoms with van der Waals surface area (Å²) >= 11 is 12.7. The third-order valence-electron chi connectivity index (χ3n) is 6.82. The number of nitrogens with zero attached hydrogens (tertiary/aromatic N) is 1. The van der Waals surface area contributed by atoms with Gasteiger partial charge in [-0.1, -0.05) is 59.6 Å². The summed E-state index contributed by atoms with van der Waals surface area (Å²) < 4.78 is 11.4. The Bertz CT molecular complexity index is 1320. The highest BCUT2D eigenvalue weighted by molar-refractivity contribution is 6.42. The third-order valence-corrected chi connectivity index (χ3v) is 7.68. The monoisotopic (exact) mass is 536 g/mol. The zero-order valence-corrected chi connectivity index (χ0v) is 22.3. The lowest BCUT2D eigenvalue weighted by atomic mass is 9.93. The van der Waals surface area contributed by atoms with Gasteiger partial charge >= 0.3 is 0 Å². The molecule has 1 saturated carbocycles. The van der Waals surface area contributed by atoms with Crippen LogP contribution in [0.3, 0.4) is 0 Å². The molecule has 7 heteroatoms. The van der Waals surface area contributed by atoms with Crippen LogP contribution in [0.1, 0.15) is 36.0 Å². The second kappa shape index (κ2) is 11.6. The molecule has 0 spiro atoms. The number of ether oxygens (including phenoxy) is 2. The Kier molecular flexibility index (Phi) is 8.04. The van der Waals surface area contributed by atoms with E-state index in [1.54, 1.807) is 13.2 Å². The summed E-state index contributed by atoms with van der Waals surface area (Å²) in [6.07, 6.45) is 2.79. The van der Waals surface area contributed by atoms with E-state index in [0.717, 1.165) is 65.1 Å². The van der Waals surface area contributed by atoms with Crippen LogP contribution in [0.25, 0.3) is 5.57 Å². The summed E-state index contributed by atoms with van der Waals surface area (Å²) in [7, 11) is 1.66. The fraction of sp³-hybridized carbons (Fsp3) is 0.300. The van der Waals surface area contributed by atoms with Crippen LogP contribution in [0.4, 0.5) is 0 Å². The van der Waals surface area contributed by atoms with Gasteiger partial charge in [-0.15, -0.1) is 0 Å². The number of amides is 1. The minimum Gasteiger partial charge on any atom is -0.497 e. The molecule has 0 saturated heterocycles. The molecule has 0 aromatic heterocycles. The van der Waals surface area contributed by atoms with E-state index in [9.17, 15) is 4.79 Å². The summed E-state index contributed by atoms with van der Waals surface area (Å²) in [5.41, 5.74) is 4.79. The third kappa shape index (κ3) is 6.12. The molecule has 1 aliphatic heterocycles. The number of nitrogens with one attached hydrogen (secondary N) is 1. The maximum atomic E-state index is 13.9. The summed E-state index contributed by atoms with van der Waals surface area (Å²) in [4.78, 5) is 15.9. The van der Waals surface area contributed by atoms with Crippen molar-refractivity contribution in [2.75, 3.05) is 20.2 Å². The largest absolute Gasteiger partial charge is 0.497 e. The number of halogens is 2. The lowest BCUT2D eigenvalue weighted by Crippen LogP contribution is -2.39. The highest BCUT2D eigenvalue weighted by Crippen LogP contribution is 2.35. The average molecular weight is 537 g/mol. The van der Waals surface area contributed by atoms with Gasteiger partial charge in [0.2, 0.25) is 0 Å². The Morgan fingerprint density at radius 1 is 1.03 bits per heavy atom. The smallest absolute Gasteiger partial charge is 0.251 e. The van der Waals surface area contributed by atoms with Gasteiger partial charge in [-0.25, -0.2) is 0 Å². The molecule has 5 nitrogen and oxygen atoms in total. The minimum atomic E-state index is 0.0587. The van der Waals surface area contributed by atoms with E-state index in [4.69, 9.17) is 32.7 Å². The first-order valence-electron chi connectivity index (χ1n) is 12.6. The van der Waals surface area contributed by atoms with Crippen LogP contribution in [0.2, 0.25) is 10.0 Å². The molecule has 3 aromatic rings. The molecule has 5 rings (SSSR count). The lowest BCUT2D eigenvalue weighted by Gasteiger charge is -2.28. The maximum Gasteiger partial charge on any atom is 0.251 e. The second-order valence-corrected chi connectivity index (χ2v) is 10.2. The summed E-state index contributed by atoms with van der Waals surface area (Å²) in [6, 6.07) is 21.7. The number of methoxy groups -OCH3 is 1. The molecule has 1 N–H and O–H groups in total. The number of carbonyl (C=O) groups is 1. The molecule has 2 aliphatic rings. The van der Waals surface area contributed by atoms with Crippen molar-refractivity contribution in [3.63, 3.8) is 0 Å². The fourth-order valence-corrected chi connectivity index (χ4v) is 5.07. The first-order chi connectivity index (χ1) is 18.0. The highest BCUT2D eigenvalue weighted by Gasteiger charge is 2.35. The predicted molar refractivity (Wildman–Crippen MR) is 148 cm³/mol. The van der Waals surface area contributed by atoms with E-state index >= 15 is 0 Å². The first-order valence-corrected chi connectivity index (χ1v) is 13.3. The van der Waals surface area contributed by atoms with Crippen molar-refractivity contribution in [2.45, 2.75) is 38.5 Å². The van der Waals surface area contributed by atoms with Crippen LogP contribution in [0.15, 0.2) is 72.3 Å². The molecule has 0 atom stereocenters. The van der Waals surface area contributed by atoms with E-state index in [0.29, 0.717) is 29.7 Å². The van der Waals surface area contributed by atoms with Crippen molar-refractivity contribution in [3.05, 3.63) is 99.0 Å². The maximum absolute atomic E-state index is 13.9. The van der Waals surface area contributed by atoms with Gasteiger partial charge in [0.25, 0.3) is 5.91 Å². The molecule has 37 heavy (non-hydrogen) atoms. The van der Waals surface area contributed by atoms with Crippen molar-refractivity contribution >= 4 is 34.7 Å². The molecule has 0 radical (unpaired) electrons. The first kappa shape index (κ1) is 25.7. The number of carbonyl (C=O) groups excluding carboxylic acids is 1. The Hall–Kier alpha value is -2.99. The Balaban J connectivity index is 1.39. The van der Waals surface area contributed by atoms with Crippen molar-refractivity contribution in [1.29, 1.82) is 0 Å². The summed E-state index contributed by atoms with van der Waals surface area (Å²) in [6.45, 7) is 2.24. The molecule has 1 amide bonds. The van der Waals surface area contributed by atoms with E-state index in [2.05, 4.69) is 11.4 Å². The van der Waals surface area contributed by atoms with Crippen LogP contribution in [-0.4, -0.2) is 37.0 Å². The summed E-state index contributed by atoms with van der Waals surface area (Å²) in [5, 5.41) is 4.41. The van der Waals surface area contributed by atoms with Crippen molar-refractivity contribution in [2.24, 2.45) is 0 Å². The van der Waals surface area contributed by atoms with Gasteiger partial charge in [0.15, 0.2) is 0 Å². The van der Waals surface area contributed by atoms with Gasteiger partial charge in [0, 0.05) is 24.7 Å². The molecule has 1 aliphatic carbocycles. The van der Waals surface area contributed by atoms with Crippen LogP contribution in [-0.2, 0) is 17.9 Å². The SMILES string of the molecule is COc1cccc(COc2cccc(C3=C(C(=O)N(Cc4cccc(Cl)c4Cl)C4CC4)CNCC3)c2)c1. The number of benzene rings is 3.